The Hall–Kier alpha value is -3.00. The lowest BCUT2D eigenvalue weighted by molar-refractivity contribution is 0.0547. The summed E-state index contributed by atoms with van der Waals surface area (Å²) in [5, 5.41) is 0. The third-order valence-electron chi connectivity index (χ3n) is 4.49. The van der Waals surface area contributed by atoms with E-state index >= 15 is 0 Å². The van der Waals surface area contributed by atoms with Crippen molar-refractivity contribution in [2.24, 2.45) is 10.7 Å². The molecule has 0 radical (unpaired) electrons. The van der Waals surface area contributed by atoms with Crippen molar-refractivity contribution in [3.05, 3.63) is 34.3 Å². The molecule has 3 rings (SSSR count). The van der Waals surface area contributed by atoms with E-state index in [2.05, 4.69) is 23.8 Å². The molecule has 0 unspecified atom stereocenters. The Morgan fingerprint density at radius 2 is 2.03 bits per heavy atom. The highest BCUT2D eigenvalue weighted by Crippen LogP contribution is 2.42. The van der Waals surface area contributed by atoms with Crippen LogP contribution in [0.4, 0.5) is 10.6 Å². The van der Waals surface area contributed by atoms with Gasteiger partial charge in [0.1, 0.15) is 5.60 Å². The van der Waals surface area contributed by atoms with Crippen molar-refractivity contribution >= 4 is 46.1 Å². The Kier molecular flexibility index (Phi) is 5.81. The lowest BCUT2D eigenvalue weighted by Gasteiger charge is -2.21. The molecule has 0 aliphatic carbocycles. The van der Waals surface area contributed by atoms with Gasteiger partial charge in [-0.25, -0.2) is 19.3 Å². The zero-order valence-corrected chi connectivity index (χ0v) is 18.8. The lowest BCUT2D eigenvalue weighted by Crippen LogP contribution is -2.27. The predicted octanol–water partition coefficient (Wildman–Crippen LogP) is 5.41. The Balaban J connectivity index is 2.36. The van der Waals surface area contributed by atoms with Crippen LogP contribution < -0.4 is 5.73 Å². The van der Waals surface area contributed by atoms with E-state index < -0.39 is 11.7 Å². The summed E-state index contributed by atoms with van der Waals surface area (Å²) in [6, 6.07) is 3.67. The number of aromatic nitrogens is 2. The minimum atomic E-state index is -0.666. The van der Waals surface area contributed by atoms with Crippen LogP contribution in [0.25, 0.3) is 21.5 Å². The van der Waals surface area contributed by atoms with Gasteiger partial charge in [0.05, 0.1) is 27.1 Å². The molecule has 3 aromatic heterocycles. The molecule has 30 heavy (non-hydrogen) atoms. The number of thiophene rings is 1. The first-order valence-corrected chi connectivity index (χ1v) is 10.5. The number of carbonyl (C=O) groups is 2. The number of ether oxygens (including phenoxy) is 1. The standard InChI is InChI=1S/C22H26N4O3S/c1-12(2)17-18(14-7-13(3)20(24-9-14)25-11-23)26(21(28)29-22(4,5)6)16-8-15(10-27)30-19(16)17/h7-12H,1-6H3,(H2,23,24,25). The molecule has 0 aliphatic heterocycles. The number of fused-ring (bicyclic) bond motifs is 1. The van der Waals surface area contributed by atoms with Gasteiger partial charge in [-0.15, -0.1) is 11.3 Å². The predicted molar refractivity (Wildman–Crippen MR) is 121 cm³/mol. The molecule has 2 N–H and O–H groups in total. The molecule has 0 aromatic carbocycles. The van der Waals surface area contributed by atoms with Gasteiger partial charge in [-0.3, -0.25) is 4.79 Å². The maximum atomic E-state index is 13.3. The Morgan fingerprint density at radius 3 is 2.57 bits per heavy atom. The third-order valence-corrected chi connectivity index (χ3v) is 5.57. The molecule has 0 saturated carbocycles. The fourth-order valence-electron chi connectivity index (χ4n) is 3.39. The molecule has 3 aromatic rings. The summed E-state index contributed by atoms with van der Waals surface area (Å²) in [7, 11) is 0. The Bertz CT molecular complexity index is 1150. The van der Waals surface area contributed by atoms with Gasteiger partial charge in [0, 0.05) is 11.8 Å². The molecule has 0 amide bonds. The van der Waals surface area contributed by atoms with Crippen molar-refractivity contribution in [2.45, 2.75) is 53.1 Å². The van der Waals surface area contributed by atoms with Crippen LogP contribution in [0, 0.1) is 6.92 Å². The quantitative estimate of drug-likeness (QED) is 0.341. The average Bonchev–Trinajstić information content (AvgIpc) is 3.17. The molecule has 0 saturated heterocycles. The summed E-state index contributed by atoms with van der Waals surface area (Å²) in [6.45, 7) is 11.5. The number of hydrogen-bond donors (Lipinski definition) is 1. The summed E-state index contributed by atoms with van der Waals surface area (Å²) in [5.41, 5.74) is 8.70. The van der Waals surface area contributed by atoms with Gasteiger partial charge in [0.25, 0.3) is 0 Å². The van der Waals surface area contributed by atoms with E-state index in [9.17, 15) is 9.59 Å². The van der Waals surface area contributed by atoms with Gasteiger partial charge in [-0.05, 0) is 56.9 Å². The van der Waals surface area contributed by atoms with E-state index in [0.29, 0.717) is 16.2 Å². The normalized spacial score (nSPS) is 12.2. The van der Waals surface area contributed by atoms with Crippen molar-refractivity contribution in [3.63, 3.8) is 0 Å². The van der Waals surface area contributed by atoms with Crippen LogP contribution in [0.2, 0.25) is 0 Å². The maximum Gasteiger partial charge on any atom is 0.419 e. The van der Waals surface area contributed by atoms with Gasteiger partial charge in [0.2, 0.25) is 0 Å². The summed E-state index contributed by atoms with van der Waals surface area (Å²) < 4.78 is 8.16. The second-order valence-electron chi connectivity index (χ2n) is 8.36. The topological polar surface area (TPSA) is 99.6 Å². The van der Waals surface area contributed by atoms with Crippen molar-refractivity contribution in [1.82, 2.24) is 9.55 Å². The van der Waals surface area contributed by atoms with Crippen LogP contribution in [-0.4, -0.2) is 33.9 Å². The fraction of sp³-hybridized carbons (Fsp3) is 0.364. The lowest BCUT2D eigenvalue weighted by atomic mass is 9.99. The first-order valence-electron chi connectivity index (χ1n) is 9.65. The molecular formula is C22H26N4O3S. The molecule has 0 atom stereocenters. The van der Waals surface area contributed by atoms with E-state index in [1.807, 2.05) is 33.8 Å². The van der Waals surface area contributed by atoms with Crippen LogP contribution in [0.1, 0.15) is 61.3 Å². The second-order valence-corrected chi connectivity index (χ2v) is 9.44. The largest absolute Gasteiger partial charge is 0.443 e. The molecule has 0 spiro atoms. The second kappa shape index (κ2) is 8.02. The zero-order chi connectivity index (χ0) is 22.2. The summed E-state index contributed by atoms with van der Waals surface area (Å²) >= 11 is 1.38. The number of hydrogen-bond acceptors (Lipinski definition) is 6. The van der Waals surface area contributed by atoms with Crippen molar-refractivity contribution in [3.8, 4) is 11.3 Å². The maximum absolute atomic E-state index is 13.3. The number of rotatable bonds is 4. The van der Waals surface area contributed by atoms with E-state index in [-0.39, 0.29) is 5.92 Å². The highest BCUT2D eigenvalue weighted by atomic mass is 32.1. The van der Waals surface area contributed by atoms with E-state index in [4.69, 9.17) is 10.5 Å². The number of pyridine rings is 1. The summed E-state index contributed by atoms with van der Waals surface area (Å²) in [5.74, 6) is 0.624. The van der Waals surface area contributed by atoms with Gasteiger partial charge >= 0.3 is 6.09 Å². The number of nitrogens with two attached hydrogens (primary N) is 1. The number of aldehydes is 1. The van der Waals surface area contributed by atoms with Crippen LogP contribution in [0.5, 0.6) is 0 Å². The van der Waals surface area contributed by atoms with Crippen molar-refractivity contribution < 1.29 is 14.3 Å². The van der Waals surface area contributed by atoms with E-state index in [1.165, 1.54) is 17.7 Å². The Morgan fingerprint density at radius 1 is 1.33 bits per heavy atom. The monoisotopic (exact) mass is 426 g/mol. The Labute approximate surface area is 179 Å². The minimum Gasteiger partial charge on any atom is -0.443 e. The average molecular weight is 427 g/mol. The smallest absolute Gasteiger partial charge is 0.419 e. The molecule has 0 aliphatic rings. The first-order chi connectivity index (χ1) is 14.1. The number of nitrogens with zero attached hydrogens (tertiary/aromatic N) is 3. The van der Waals surface area contributed by atoms with Gasteiger partial charge in [0.15, 0.2) is 12.1 Å². The van der Waals surface area contributed by atoms with Crippen LogP contribution in [-0.2, 0) is 4.74 Å². The van der Waals surface area contributed by atoms with Crippen molar-refractivity contribution in [1.29, 1.82) is 0 Å². The van der Waals surface area contributed by atoms with E-state index in [0.717, 1.165) is 33.4 Å². The van der Waals surface area contributed by atoms with Gasteiger partial charge in [-0.1, -0.05) is 13.8 Å². The van der Waals surface area contributed by atoms with Crippen LogP contribution >= 0.6 is 11.3 Å². The first kappa shape index (κ1) is 21.7. The minimum absolute atomic E-state index is 0.103. The van der Waals surface area contributed by atoms with E-state index in [1.54, 1.807) is 16.8 Å². The number of aliphatic imine (C=N–C) groups is 1. The molecule has 8 heteroatoms. The highest BCUT2D eigenvalue weighted by Gasteiger charge is 2.29. The summed E-state index contributed by atoms with van der Waals surface area (Å²) in [4.78, 5) is 33.7. The molecular weight excluding hydrogens is 400 g/mol. The fourth-order valence-corrected chi connectivity index (χ4v) is 4.54. The molecule has 0 fully saturated rings. The molecule has 0 bridgehead atoms. The highest BCUT2D eigenvalue weighted by molar-refractivity contribution is 7.20. The van der Waals surface area contributed by atoms with Gasteiger partial charge in [-0.2, -0.15) is 0 Å². The van der Waals surface area contributed by atoms with Crippen molar-refractivity contribution in [2.75, 3.05) is 0 Å². The van der Waals surface area contributed by atoms with Crippen LogP contribution in [0.15, 0.2) is 23.3 Å². The van der Waals surface area contributed by atoms with Crippen LogP contribution in [0.3, 0.4) is 0 Å². The molecule has 7 nitrogen and oxygen atoms in total. The summed E-state index contributed by atoms with van der Waals surface area (Å²) in [6.07, 6.45) is 3.20. The van der Waals surface area contributed by atoms with Gasteiger partial charge < -0.3 is 10.5 Å². The number of carbonyl (C=O) groups excluding carboxylic acids is 2. The molecule has 3 heterocycles. The molecule has 158 valence electrons. The zero-order valence-electron chi connectivity index (χ0n) is 18.0. The third kappa shape index (κ3) is 4.00. The number of aryl methyl sites for hydroxylation is 1. The SMILES string of the molecule is Cc1cc(-c2c(C(C)C)c3sc(C=O)cc3n2C(=O)OC(C)(C)C)cnc1N=CN.